The second-order valence-electron chi connectivity index (χ2n) is 3.64. The van der Waals surface area contributed by atoms with Crippen molar-refractivity contribution in [2.45, 2.75) is 25.2 Å². The highest BCUT2D eigenvalue weighted by molar-refractivity contribution is 8.00. The molecule has 0 aliphatic heterocycles. The molecule has 0 heterocycles. The van der Waals surface area contributed by atoms with Crippen LogP contribution in [0.25, 0.3) is 0 Å². The number of carbonyl (C=O) groups is 1. The third-order valence-electron chi connectivity index (χ3n) is 2.43. The summed E-state index contributed by atoms with van der Waals surface area (Å²) in [4.78, 5) is 12.6. The Morgan fingerprint density at radius 1 is 1.38 bits per heavy atom. The summed E-state index contributed by atoms with van der Waals surface area (Å²) in [6, 6.07) is 5.42. The summed E-state index contributed by atoms with van der Waals surface area (Å²) in [5.41, 5.74) is 0. The van der Waals surface area contributed by atoms with Gasteiger partial charge in [0.1, 0.15) is 5.78 Å². The van der Waals surface area contributed by atoms with Crippen molar-refractivity contribution in [3.8, 4) is 0 Å². The normalized spacial score (nSPS) is 12.5. The van der Waals surface area contributed by atoms with Crippen LogP contribution in [0.15, 0.2) is 23.1 Å². The molecule has 0 saturated carbocycles. The molecule has 0 aliphatic carbocycles. The lowest BCUT2D eigenvalue weighted by Gasteiger charge is -2.07. The zero-order valence-corrected chi connectivity index (χ0v) is 11.6. The molecule has 88 valence electrons. The molecule has 0 bridgehead atoms. The maximum absolute atomic E-state index is 11.6. The van der Waals surface area contributed by atoms with Crippen molar-refractivity contribution >= 4 is 40.7 Å². The molecule has 0 amide bonds. The summed E-state index contributed by atoms with van der Waals surface area (Å²) in [6.07, 6.45) is 0.890. The topological polar surface area (TPSA) is 17.1 Å². The van der Waals surface area contributed by atoms with E-state index in [2.05, 4.69) is 0 Å². The van der Waals surface area contributed by atoms with Crippen LogP contribution in [0.5, 0.6) is 0 Å². The van der Waals surface area contributed by atoms with Gasteiger partial charge in [-0.05, 0) is 24.6 Å². The van der Waals surface area contributed by atoms with Crippen LogP contribution in [0.1, 0.15) is 20.3 Å². The Kier molecular flexibility index (Phi) is 5.67. The first-order valence-corrected chi connectivity index (χ1v) is 6.89. The van der Waals surface area contributed by atoms with E-state index in [4.69, 9.17) is 23.2 Å². The molecule has 1 nitrogen and oxygen atoms in total. The first-order valence-electron chi connectivity index (χ1n) is 5.15. The third-order valence-corrected chi connectivity index (χ3v) is 4.19. The molecule has 0 N–H and O–H groups in total. The molecule has 1 atom stereocenters. The van der Waals surface area contributed by atoms with E-state index in [1.165, 1.54) is 11.8 Å². The van der Waals surface area contributed by atoms with Crippen LogP contribution in [-0.2, 0) is 4.79 Å². The standard InChI is InChI=1S/C12H14Cl2OS/c1-3-8(2)12(15)7-16-9-4-5-10(13)11(14)6-9/h4-6,8H,3,7H2,1-2H3. The molecule has 1 rings (SSSR count). The Morgan fingerprint density at radius 2 is 2.06 bits per heavy atom. The Labute approximate surface area is 111 Å². The number of benzene rings is 1. The quantitative estimate of drug-likeness (QED) is 0.725. The predicted molar refractivity (Wildman–Crippen MR) is 71.6 cm³/mol. The highest BCUT2D eigenvalue weighted by Crippen LogP contribution is 2.28. The summed E-state index contributed by atoms with van der Waals surface area (Å²) < 4.78 is 0. The van der Waals surface area contributed by atoms with Crippen LogP contribution in [0, 0.1) is 5.92 Å². The van der Waals surface area contributed by atoms with Crippen molar-refractivity contribution in [3.05, 3.63) is 28.2 Å². The van der Waals surface area contributed by atoms with Gasteiger partial charge in [0.25, 0.3) is 0 Å². The highest BCUT2D eigenvalue weighted by atomic mass is 35.5. The second kappa shape index (κ2) is 6.53. The van der Waals surface area contributed by atoms with Gasteiger partial charge in [-0.3, -0.25) is 4.79 Å². The van der Waals surface area contributed by atoms with Crippen molar-refractivity contribution in [1.29, 1.82) is 0 Å². The van der Waals surface area contributed by atoms with Gasteiger partial charge in [-0.25, -0.2) is 0 Å². The molecule has 0 aromatic heterocycles. The van der Waals surface area contributed by atoms with Gasteiger partial charge in [0.15, 0.2) is 0 Å². The molecule has 16 heavy (non-hydrogen) atoms. The van der Waals surface area contributed by atoms with E-state index in [9.17, 15) is 4.79 Å². The summed E-state index contributed by atoms with van der Waals surface area (Å²) in [7, 11) is 0. The number of Topliss-reactive ketones (excluding diaryl/α,β-unsaturated/α-hetero) is 1. The fourth-order valence-electron chi connectivity index (χ4n) is 1.09. The summed E-state index contributed by atoms with van der Waals surface area (Å²) in [5, 5.41) is 1.07. The van der Waals surface area contributed by atoms with Crippen molar-refractivity contribution in [1.82, 2.24) is 0 Å². The lowest BCUT2D eigenvalue weighted by atomic mass is 10.1. The summed E-state index contributed by atoms with van der Waals surface area (Å²) >= 11 is 13.2. The first-order chi connectivity index (χ1) is 7.54. The number of hydrogen-bond acceptors (Lipinski definition) is 2. The van der Waals surface area contributed by atoms with Gasteiger partial charge in [0.05, 0.1) is 15.8 Å². The molecular weight excluding hydrogens is 263 g/mol. The van der Waals surface area contributed by atoms with E-state index in [1.807, 2.05) is 19.9 Å². The lowest BCUT2D eigenvalue weighted by Crippen LogP contribution is -2.11. The van der Waals surface area contributed by atoms with Crippen molar-refractivity contribution in [2.24, 2.45) is 5.92 Å². The highest BCUT2D eigenvalue weighted by Gasteiger charge is 2.11. The molecule has 0 saturated heterocycles. The first kappa shape index (κ1) is 13.9. The molecule has 1 aromatic carbocycles. The minimum absolute atomic E-state index is 0.135. The minimum atomic E-state index is 0.135. The van der Waals surface area contributed by atoms with Gasteiger partial charge in [-0.1, -0.05) is 37.0 Å². The second-order valence-corrected chi connectivity index (χ2v) is 5.50. The van der Waals surface area contributed by atoms with Crippen molar-refractivity contribution in [3.63, 3.8) is 0 Å². The van der Waals surface area contributed by atoms with Gasteiger partial charge in [0, 0.05) is 10.8 Å². The van der Waals surface area contributed by atoms with E-state index >= 15 is 0 Å². The van der Waals surface area contributed by atoms with Crippen LogP contribution >= 0.6 is 35.0 Å². The number of hydrogen-bond donors (Lipinski definition) is 0. The van der Waals surface area contributed by atoms with Crippen LogP contribution in [0.4, 0.5) is 0 Å². The number of carbonyl (C=O) groups excluding carboxylic acids is 1. The Morgan fingerprint density at radius 3 is 2.62 bits per heavy atom. The van der Waals surface area contributed by atoms with Crippen LogP contribution in [0.2, 0.25) is 10.0 Å². The zero-order valence-electron chi connectivity index (χ0n) is 9.30. The Hall–Kier alpha value is -0.180. The number of ketones is 1. The molecule has 0 fully saturated rings. The molecule has 4 heteroatoms. The van der Waals surface area contributed by atoms with Crippen LogP contribution in [-0.4, -0.2) is 11.5 Å². The summed E-state index contributed by atoms with van der Waals surface area (Å²) in [6.45, 7) is 3.98. The molecule has 0 spiro atoms. The maximum atomic E-state index is 11.6. The SMILES string of the molecule is CCC(C)C(=O)CSc1ccc(Cl)c(Cl)c1. The van der Waals surface area contributed by atoms with Crippen LogP contribution in [0.3, 0.4) is 0 Å². The van der Waals surface area contributed by atoms with E-state index in [0.717, 1.165) is 11.3 Å². The smallest absolute Gasteiger partial charge is 0.145 e. The lowest BCUT2D eigenvalue weighted by molar-refractivity contribution is -0.119. The zero-order chi connectivity index (χ0) is 12.1. The van der Waals surface area contributed by atoms with E-state index in [-0.39, 0.29) is 11.7 Å². The summed E-state index contributed by atoms with van der Waals surface area (Å²) in [5.74, 6) is 0.904. The van der Waals surface area contributed by atoms with Crippen molar-refractivity contribution < 1.29 is 4.79 Å². The molecule has 1 aromatic rings. The minimum Gasteiger partial charge on any atom is -0.298 e. The molecule has 0 aliphatic rings. The van der Waals surface area contributed by atoms with Gasteiger partial charge >= 0.3 is 0 Å². The van der Waals surface area contributed by atoms with E-state index in [1.54, 1.807) is 12.1 Å². The fraction of sp³-hybridized carbons (Fsp3) is 0.417. The number of halogens is 2. The predicted octanol–water partition coefficient (Wildman–Crippen LogP) is 4.70. The van der Waals surface area contributed by atoms with Gasteiger partial charge in [0.2, 0.25) is 0 Å². The Balaban J connectivity index is 2.55. The molecule has 0 radical (unpaired) electrons. The average molecular weight is 277 g/mol. The molecular formula is C12H14Cl2OS. The van der Waals surface area contributed by atoms with Gasteiger partial charge in [-0.2, -0.15) is 0 Å². The maximum Gasteiger partial charge on any atom is 0.145 e. The van der Waals surface area contributed by atoms with Gasteiger partial charge in [-0.15, -0.1) is 11.8 Å². The van der Waals surface area contributed by atoms with E-state index in [0.29, 0.717) is 15.8 Å². The average Bonchev–Trinajstić information content (AvgIpc) is 2.29. The monoisotopic (exact) mass is 276 g/mol. The van der Waals surface area contributed by atoms with Gasteiger partial charge < -0.3 is 0 Å². The largest absolute Gasteiger partial charge is 0.298 e. The van der Waals surface area contributed by atoms with Crippen molar-refractivity contribution in [2.75, 3.05) is 5.75 Å². The fourth-order valence-corrected chi connectivity index (χ4v) is 2.41. The Bertz CT molecular complexity index is 379. The van der Waals surface area contributed by atoms with E-state index < -0.39 is 0 Å². The third kappa shape index (κ3) is 4.00. The number of rotatable bonds is 5. The number of thioether (sulfide) groups is 1. The van der Waals surface area contributed by atoms with Crippen LogP contribution < -0.4 is 0 Å². The molecule has 1 unspecified atom stereocenters.